The van der Waals surface area contributed by atoms with Gasteiger partial charge in [0.2, 0.25) is 0 Å². The third-order valence-electron chi connectivity index (χ3n) is 0.801. The molecule has 0 amide bonds. The quantitative estimate of drug-likeness (QED) is 0.605. The molecule has 7 heavy (non-hydrogen) atoms. The lowest BCUT2D eigenvalue weighted by Gasteiger charge is -2.01. The van der Waals surface area contributed by atoms with Crippen LogP contribution in [0, 0.1) is 0 Å². The maximum Gasteiger partial charge on any atom is 0.0833 e. The third-order valence-corrected chi connectivity index (χ3v) is 0.927. The summed E-state index contributed by atoms with van der Waals surface area (Å²) in [6.45, 7) is 2.43. The Morgan fingerprint density at radius 2 is 2.43 bits per heavy atom. The van der Waals surface area contributed by atoms with E-state index in [0.29, 0.717) is 6.61 Å². The van der Waals surface area contributed by atoms with E-state index in [4.69, 9.17) is 17.6 Å². The fraction of sp³-hybridized carbons (Fsp3) is 1.00. The Balaban J connectivity index is 2.83. The molecule has 0 radical (unpaired) electrons. The molecule has 0 aromatic heterocycles. The number of halogens is 1. The lowest BCUT2D eigenvalue weighted by Crippen LogP contribution is -2.23. The van der Waals surface area contributed by atoms with Crippen LogP contribution >= 0.6 is 11.9 Å². The molecule has 0 spiro atoms. The molecule has 0 saturated heterocycles. The Morgan fingerprint density at radius 1 is 1.86 bits per heavy atom. The zero-order valence-corrected chi connectivity index (χ0v) is 5.11. The van der Waals surface area contributed by atoms with E-state index in [9.17, 15) is 0 Å². The molecule has 0 aliphatic heterocycles. The van der Waals surface area contributed by atoms with Gasteiger partial charge in [0, 0.05) is 6.04 Å². The highest BCUT2D eigenvalue weighted by atomic mass is 35.5. The van der Waals surface area contributed by atoms with Gasteiger partial charge in [-0.1, -0.05) is 6.92 Å². The minimum atomic E-state index is 0.0949. The van der Waals surface area contributed by atoms with Crippen molar-refractivity contribution < 1.29 is 4.29 Å². The molecular weight excluding hydrogens is 114 g/mol. The van der Waals surface area contributed by atoms with Crippen molar-refractivity contribution in [2.75, 3.05) is 6.61 Å². The first-order valence-electron chi connectivity index (χ1n) is 2.30. The molecule has 0 rings (SSSR count). The number of hydrogen-bond acceptors (Lipinski definition) is 2. The van der Waals surface area contributed by atoms with Crippen molar-refractivity contribution in [2.24, 2.45) is 5.73 Å². The second kappa shape index (κ2) is 4.37. The van der Waals surface area contributed by atoms with Gasteiger partial charge in [-0.05, 0) is 6.42 Å². The molecule has 0 aliphatic rings. The SMILES string of the molecule is CCC(N)COCl. The molecule has 2 nitrogen and oxygen atoms in total. The van der Waals surface area contributed by atoms with E-state index in [1.165, 1.54) is 0 Å². The van der Waals surface area contributed by atoms with Crippen LogP contribution in [0.1, 0.15) is 13.3 Å². The van der Waals surface area contributed by atoms with Gasteiger partial charge in [-0.2, -0.15) is 0 Å². The van der Waals surface area contributed by atoms with Crippen LogP contribution in [-0.4, -0.2) is 12.6 Å². The predicted octanol–water partition coefficient (Wildman–Crippen LogP) is 0.894. The Bertz CT molecular complexity index is 42.7. The molecule has 1 unspecified atom stereocenters. The smallest absolute Gasteiger partial charge is 0.0833 e. The van der Waals surface area contributed by atoms with Crippen molar-refractivity contribution >= 4 is 11.9 Å². The van der Waals surface area contributed by atoms with E-state index in [-0.39, 0.29) is 6.04 Å². The van der Waals surface area contributed by atoms with E-state index >= 15 is 0 Å². The van der Waals surface area contributed by atoms with Crippen LogP contribution in [0.15, 0.2) is 0 Å². The first kappa shape index (κ1) is 7.21. The van der Waals surface area contributed by atoms with Crippen LogP contribution < -0.4 is 5.73 Å². The topological polar surface area (TPSA) is 35.2 Å². The molecule has 0 bridgehead atoms. The van der Waals surface area contributed by atoms with E-state index in [0.717, 1.165) is 6.42 Å². The van der Waals surface area contributed by atoms with Gasteiger partial charge in [-0.3, -0.25) is 4.29 Å². The molecule has 0 saturated carbocycles. The van der Waals surface area contributed by atoms with Gasteiger partial charge in [0.25, 0.3) is 0 Å². The summed E-state index contributed by atoms with van der Waals surface area (Å²) >= 11 is 4.90. The summed E-state index contributed by atoms with van der Waals surface area (Å²) in [7, 11) is 0. The second-order valence-corrected chi connectivity index (χ2v) is 1.66. The van der Waals surface area contributed by atoms with Gasteiger partial charge < -0.3 is 5.73 Å². The van der Waals surface area contributed by atoms with E-state index in [1.807, 2.05) is 6.92 Å². The normalized spacial score (nSPS) is 14.1. The highest BCUT2D eigenvalue weighted by Crippen LogP contribution is 1.88. The van der Waals surface area contributed by atoms with Gasteiger partial charge in [-0.15, -0.1) is 0 Å². The molecule has 44 valence electrons. The third kappa shape index (κ3) is 4.05. The van der Waals surface area contributed by atoms with Crippen LogP contribution in [0.4, 0.5) is 0 Å². The van der Waals surface area contributed by atoms with Crippen LogP contribution in [0.5, 0.6) is 0 Å². The predicted molar refractivity (Wildman–Crippen MR) is 30.1 cm³/mol. The molecule has 3 heteroatoms. The Labute approximate surface area is 48.8 Å². The highest BCUT2D eigenvalue weighted by molar-refractivity contribution is 6.07. The van der Waals surface area contributed by atoms with Crippen molar-refractivity contribution in [3.63, 3.8) is 0 Å². The van der Waals surface area contributed by atoms with Gasteiger partial charge >= 0.3 is 0 Å². The van der Waals surface area contributed by atoms with E-state index in [2.05, 4.69) is 4.29 Å². The lowest BCUT2D eigenvalue weighted by atomic mass is 10.3. The second-order valence-electron chi connectivity index (χ2n) is 1.44. The summed E-state index contributed by atoms with van der Waals surface area (Å²) in [6.07, 6.45) is 0.909. The van der Waals surface area contributed by atoms with Crippen molar-refractivity contribution in [3.05, 3.63) is 0 Å². The zero-order chi connectivity index (χ0) is 5.70. The minimum absolute atomic E-state index is 0.0949. The van der Waals surface area contributed by atoms with Gasteiger partial charge in [-0.25, -0.2) is 0 Å². The molecule has 0 aromatic rings. The van der Waals surface area contributed by atoms with Crippen LogP contribution in [0.25, 0.3) is 0 Å². The first-order valence-corrected chi connectivity index (χ1v) is 2.61. The molecule has 2 N–H and O–H groups in total. The number of hydrogen-bond donors (Lipinski definition) is 1. The molecule has 0 fully saturated rings. The summed E-state index contributed by atoms with van der Waals surface area (Å²) in [5, 5.41) is 0. The number of nitrogens with two attached hydrogens (primary N) is 1. The standard InChI is InChI=1S/C4H10ClNO/c1-2-4(6)3-7-5/h4H,2-3,6H2,1H3. The van der Waals surface area contributed by atoms with Crippen LogP contribution in [0.3, 0.4) is 0 Å². The monoisotopic (exact) mass is 123 g/mol. The van der Waals surface area contributed by atoms with Gasteiger partial charge in [0.15, 0.2) is 0 Å². The highest BCUT2D eigenvalue weighted by Gasteiger charge is 1.94. The summed E-state index contributed by atoms with van der Waals surface area (Å²) in [4.78, 5) is 0. The fourth-order valence-corrected chi connectivity index (χ4v) is 0.361. The molecule has 0 aromatic carbocycles. The summed E-state index contributed by atoms with van der Waals surface area (Å²) in [6, 6.07) is 0.0949. The van der Waals surface area contributed by atoms with E-state index < -0.39 is 0 Å². The van der Waals surface area contributed by atoms with Crippen molar-refractivity contribution in [1.29, 1.82) is 0 Å². The summed E-state index contributed by atoms with van der Waals surface area (Å²) in [5.41, 5.74) is 5.37. The Kier molecular flexibility index (Phi) is 4.50. The van der Waals surface area contributed by atoms with Crippen LogP contribution in [0.2, 0.25) is 0 Å². The zero-order valence-electron chi connectivity index (χ0n) is 4.36. The van der Waals surface area contributed by atoms with Gasteiger partial charge in [0.1, 0.15) is 0 Å². The maximum atomic E-state index is 5.37. The molecule has 1 atom stereocenters. The molecular formula is C4H10ClNO. The number of rotatable bonds is 3. The van der Waals surface area contributed by atoms with Gasteiger partial charge in [0.05, 0.1) is 18.5 Å². The van der Waals surface area contributed by atoms with Crippen molar-refractivity contribution in [3.8, 4) is 0 Å². The Morgan fingerprint density at radius 3 is 2.57 bits per heavy atom. The average Bonchev–Trinajstić information content (AvgIpc) is 1.68. The summed E-state index contributed by atoms with van der Waals surface area (Å²) < 4.78 is 4.24. The first-order chi connectivity index (χ1) is 3.31. The minimum Gasteiger partial charge on any atom is -0.326 e. The summed E-state index contributed by atoms with van der Waals surface area (Å²) in [5.74, 6) is 0. The fourth-order valence-electron chi connectivity index (χ4n) is 0.199. The average molecular weight is 124 g/mol. The largest absolute Gasteiger partial charge is 0.326 e. The van der Waals surface area contributed by atoms with Crippen LogP contribution in [-0.2, 0) is 4.29 Å². The van der Waals surface area contributed by atoms with Crippen molar-refractivity contribution in [2.45, 2.75) is 19.4 Å². The Hall–Kier alpha value is 0.210. The molecule has 0 heterocycles. The molecule has 0 aliphatic carbocycles. The maximum absolute atomic E-state index is 5.37. The van der Waals surface area contributed by atoms with Crippen molar-refractivity contribution in [1.82, 2.24) is 0 Å². The van der Waals surface area contributed by atoms with E-state index in [1.54, 1.807) is 0 Å². The lowest BCUT2D eigenvalue weighted by molar-refractivity contribution is 0.313.